The summed E-state index contributed by atoms with van der Waals surface area (Å²) in [7, 11) is 0. The second kappa shape index (κ2) is 7.73. The van der Waals surface area contributed by atoms with Crippen LogP contribution in [-0.2, 0) is 4.79 Å². The van der Waals surface area contributed by atoms with Crippen molar-refractivity contribution in [3.63, 3.8) is 0 Å². The highest BCUT2D eigenvalue weighted by atomic mass is 35.5. The number of nitro groups is 1. The van der Waals surface area contributed by atoms with Crippen molar-refractivity contribution in [3.8, 4) is 0 Å². The Morgan fingerprint density at radius 1 is 1.26 bits per heavy atom. The number of nitrogens with one attached hydrogen (secondary N) is 3. The van der Waals surface area contributed by atoms with Gasteiger partial charge in [-0.15, -0.1) is 0 Å². The van der Waals surface area contributed by atoms with Crippen LogP contribution in [0.3, 0.4) is 0 Å². The zero-order valence-corrected chi connectivity index (χ0v) is 15.7. The maximum Gasteiger partial charge on any atom is 0.269 e. The number of nitro benzene ring substituents is 1. The summed E-state index contributed by atoms with van der Waals surface area (Å²) in [6.45, 7) is 1.72. The number of carbonyl (C=O) groups excluding carboxylic acids is 1. The number of nitrogens with zero attached hydrogens (tertiary/aromatic N) is 1. The largest absolute Gasteiger partial charge is 0.351 e. The van der Waals surface area contributed by atoms with E-state index in [1.807, 2.05) is 0 Å². The predicted molar refractivity (Wildman–Crippen MR) is 107 cm³/mol. The van der Waals surface area contributed by atoms with Crippen LogP contribution in [0.25, 0.3) is 0 Å². The number of anilines is 1. The van der Waals surface area contributed by atoms with Crippen LogP contribution in [0, 0.1) is 10.1 Å². The average Bonchev–Trinajstić information content (AvgIpc) is 2.63. The van der Waals surface area contributed by atoms with Gasteiger partial charge in [0, 0.05) is 17.8 Å². The Hall–Kier alpha value is -2.97. The lowest BCUT2D eigenvalue weighted by atomic mass is 9.94. The molecule has 1 heterocycles. The molecule has 1 atom stereocenters. The number of hydrogen-bond donors (Lipinski definition) is 3. The van der Waals surface area contributed by atoms with Crippen LogP contribution < -0.4 is 16.0 Å². The van der Waals surface area contributed by atoms with Crippen molar-refractivity contribution < 1.29 is 9.72 Å². The molecule has 3 rings (SSSR count). The fourth-order valence-electron chi connectivity index (χ4n) is 2.82. The van der Waals surface area contributed by atoms with E-state index in [2.05, 4.69) is 16.0 Å². The highest BCUT2D eigenvalue weighted by molar-refractivity contribution is 7.80. The lowest BCUT2D eigenvalue weighted by Gasteiger charge is -2.30. The molecule has 1 amide bonds. The van der Waals surface area contributed by atoms with Gasteiger partial charge in [0.05, 0.1) is 27.2 Å². The Morgan fingerprint density at radius 2 is 2.00 bits per heavy atom. The van der Waals surface area contributed by atoms with Gasteiger partial charge in [0.1, 0.15) is 0 Å². The van der Waals surface area contributed by atoms with Crippen LogP contribution >= 0.6 is 23.8 Å². The number of rotatable bonds is 4. The van der Waals surface area contributed by atoms with Crippen molar-refractivity contribution in [1.29, 1.82) is 0 Å². The maximum atomic E-state index is 13.0. The van der Waals surface area contributed by atoms with Gasteiger partial charge >= 0.3 is 0 Å². The van der Waals surface area contributed by atoms with Crippen LogP contribution in [0.2, 0.25) is 5.02 Å². The van der Waals surface area contributed by atoms with Crippen molar-refractivity contribution in [2.75, 3.05) is 5.32 Å². The molecule has 138 valence electrons. The number of para-hydroxylation sites is 1. The van der Waals surface area contributed by atoms with Crippen LogP contribution in [0.15, 0.2) is 59.8 Å². The molecule has 1 aliphatic rings. The molecule has 7 nitrogen and oxygen atoms in total. The summed E-state index contributed by atoms with van der Waals surface area (Å²) in [5.74, 6) is -0.389. The van der Waals surface area contributed by atoms with Crippen molar-refractivity contribution in [3.05, 3.63) is 80.5 Å². The van der Waals surface area contributed by atoms with Crippen LogP contribution in [0.1, 0.15) is 18.5 Å². The first-order chi connectivity index (χ1) is 12.9. The van der Waals surface area contributed by atoms with E-state index in [1.54, 1.807) is 43.3 Å². The summed E-state index contributed by atoms with van der Waals surface area (Å²) in [5, 5.41) is 20.5. The minimum atomic E-state index is -0.638. The van der Waals surface area contributed by atoms with E-state index >= 15 is 0 Å². The summed E-state index contributed by atoms with van der Waals surface area (Å²) in [6, 6.07) is 12.3. The second-order valence-corrected chi connectivity index (χ2v) is 6.67. The Kier molecular flexibility index (Phi) is 5.38. The monoisotopic (exact) mass is 402 g/mol. The minimum absolute atomic E-state index is 0.0673. The molecule has 0 aliphatic carbocycles. The normalized spacial score (nSPS) is 16.4. The number of hydrogen-bond acceptors (Lipinski definition) is 4. The number of non-ortho nitro benzene ring substituents is 1. The number of halogens is 1. The van der Waals surface area contributed by atoms with Crippen molar-refractivity contribution in [1.82, 2.24) is 10.6 Å². The minimum Gasteiger partial charge on any atom is -0.351 e. The van der Waals surface area contributed by atoms with Gasteiger partial charge in [-0.25, -0.2) is 0 Å². The number of carbonyl (C=O) groups is 1. The van der Waals surface area contributed by atoms with Crippen molar-refractivity contribution in [2.24, 2.45) is 0 Å². The molecule has 0 saturated heterocycles. The lowest BCUT2D eigenvalue weighted by molar-refractivity contribution is -0.384. The van der Waals surface area contributed by atoms with E-state index in [4.69, 9.17) is 23.8 Å². The van der Waals surface area contributed by atoms with E-state index in [1.165, 1.54) is 12.1 Å². The van der Waals surface area contributed by atoms with Gasteiger partial charge in [-0.1, -0.05) is 35.9 Å². The molecule has 0 fully saturated rings. The number of allylic oxidation sites excluding steroid dienone is 1. The smallest absolute Gasteiger partial charge is 0.269 e. The van der Waals surface area contributed by atoms with Crippen LogP contribution in [-0.4, -0.2) is 15.9 Å². The van der Waals surface area contributed by atoms with Gasteiger partial charge in [0.15, 0.2) is 5.11 Å². The summed E-state index contributed by atoms with van der Waals surface area (Å²) in [4.78, 5) is 23.6. The Labute approximate surface area is 165 Å². The summed E-state index contributed by atoms with van der Waals surface area (Å²) < 4.78 is 0. The standard InChI is InChI=1S/C18H15ClN4O3S/c1-10-15(17(24)21-14-8-3-2-7-13(14)19)16(22-18(27)20-10)11-5-4-6-12(9-11)23(25)26/h2-9,16H,1H3,(H,21,24)(H2,20,22,27). The van der Waals surface area contributed by atoms with E-state index in [-0.39, 0.29) is 11.6 Å². The van der Waals surface area contributed by atoms with E-state index in [0.717, 1.165) is 0 Å². The molecule has 3 N–H and O–H groups in total. The lowest BCUT2D eigenvalue weighted by Crippen LogP contribution is -2.45. The first-order valence-electron chi connectivity index (χ1n) is 7.95. The van der Waals surface area contributed by atoms with E-state index in [9.17, 15) is 14.9 Å². The van der Waals surface area contributed by atoms with Gasteiger partial charge in [0.2, 0.25) is 0 Å². The quantitative estimate of drug-likeness (QED) is 0.410. The highest BCUT2D eigenvalue weighted by Gasteiger charge is 2.31. The SMILES string of the molecule is CC1=C(C(=O)Nc2ccccc2Cl)C(c2cccc([N+](=O)[O-])c2)NC(=S)N1. The molecule has 0 radical (unpaired) electrons. The molecule has 9 heteroatoms. The number of benzene rings is 2. The first-order valence-corrected chi connectivity index (χ1v) is 8.74. The summed E-state index contributed by atoms with van der Waals surface area (Å²) >= 11 is 11.3. The van der Waals surface area contributed by atoms with Gasteiger partial charge in [0.25, 0.3) is 11.6 Å². The highest BCUT2D eigenvalue weighted by Crippen LogP contribution is 2.30. The predicted octanol–water partition coefficient (Wildman–Crippen LogP) is 3.68. The zero-order chi connectivity index (χ0) is 19.6. The first kappa shape index (κ1) is 18.8. The van der Waals surface area contributed by atoms with Gasteiger partial charge in [-0.05, 0) is 36.8 Å². The van der Waals surface area contributed by atoms with Crippen LogP contribution in [0.4, 0.5) is 11.4 Å². The number of thiocarbonyl (C=S) groups is 1. The zero-order valence-electron chi connectivity index (χ0n) is 14.2. The molecule has 0 aromatic heterocycles. The van der Waals surface area contributed by atoms with Crippen molar-refractivity contribution >= 4 is 46.2 Å². The van der Waals surface area contributed by atoms with Crippen LogP contribution in [0.5, 0.6) is 0 Å². The Morgan fingerprint density at radius 3 is 2.70 bits per heavy atom. The molecule has 2 aromatic carbocycles. The molecular formula is C18H15ClN4O3S. The molecule has 0 saturated carbocycles. The second-order valence-electron chi connectivity index (χ2n) is 5.86. The molecule has 0 bridgehead atoms. The fourth-order valence-corrected chi connectivity index (χ4v) is 3.27. The third-order valence-electron chi connectivity index (χ3n) is 4.05. The Bertz CT molecular complexity index is 977. The van der Waals surface area contributed by atoms with Gasteiger partial charge in [-0.3, -0.25) is 14.9 Å². The van der Waals surface area contributed by atoms with Gasteiger partial charge in [-0.2, -0.15) is 0 Å². The summed E-state index contributed by atoms with van der Waals surface area (Å²) in [5.41, 5.74) is 1.87. The van der Waals surface area contributed by atoms with E-state index < -0.39 is 11.0 Å². The Balaban J connectivity index is 1.99. The topological polar surface area (TPSA) is 96.3 Å². The third-order valence-corrected chi connectivity index (χ3v) is 4.60. The maximum absolute atomic E-state index is 13.0. The molecule has 27 heavy (non-hydrogen) atoms. The fraction of sp³-hybridized carbons (Fsp3) is 0.111. The van der Waals surface area contributed by atoms with Gasteiger partial charge < -0.3 is 16.0 Å². The average molecular weight is 403 g/mol. The number of amides is 1. The van der Waals surface area contributed by atoms with E-state index in [0.29, 0.717) is 32.7 Å². The third kappa shape index (κ3) is 4.07. The van der Waals surface area contributed by atoms with Crippen molar-refractivity contribution in [2.45, 2.75) is 13.0 Å². The summed E-state index contributed by atoms with van der Waals surface area (Å²) in [6.07, 6.45) is 0. The molecule has 1 unspecified atom stereocenters. The molecule has 0 spiro atoms. The molecule has 1 aliphatic heterocycles. The molecule has 2 aromatic rings. The molecular weight excluding hydrogens is 388 g/mol.